The maximum Gasteiger partial charge on any atom is 0.227 e. The quantitative estimate of drug-likeness (QED) is 0.790. The standard InChI is InChI=1S/C13H15BrClNO2/c1-2-18-12-6-10(15)3-4-11(12)16-8-9(7-14)5-13(16)17/h3-4,6,9H,2,5,7-8H2,1H3. The van der Waals surface area contributed by atoms with E-state index in [-0.39, 0.29) is 5.91 Å². The summed E-state index contributed by atoms with van der Waals surface area (Å²) in [6.07, 6.45) is 0.583. The van der Waals surface area contributed by atoms with Crippen molar-refractivity contribution in [2.45, 2.75) is 13.3 Å². The summed E-state index contributed by atoms with van der Waals surface area (Å²) in [5, 5.41) is 1.46. The van der Waals surface area contributed by atoms with Gasteiger partial charge in [-0.3, -0.25) is 4.79 Å². The van der Waals surface area contributed by atoms with Crippen molar-refractivity contribution in [2.24, 2.45) is 5.92 Å². The Hall–Kier alpha value is -0.740. The molecule has 2 rings (SSSR count). The van der Waals surface area contributed by atoms with E-state index in [1.165, 1.54) is 0 Å². The molecule has 1 saturated heterocycles. The first-order valence-corrected chi connectivity index (χ1v) is 7.44. The van der Waals surface area contributed by atoms with E-state index in [1.807, 2.05) is 13.0 Å². The highest BCUT2D eigenvalue weighted by molar-refractivity contribution is 9.09. The molecule has 0 spiro atoms. The average molecular weight is 333 g/mol. The Labute approximate surface area is 120 Å². The van der Waals surface area contributed by atoms with Crippen LogP contribution in [0, 0.1) is 5.92 Å². The number of anilines is 1. The second kappa shape index (κ2) is 5.93. The summed E-state index contributed by atoms with van der Waals surface area (Å²) >= 11 is 9.39. The number of hydrogen-bond donors (Lipinski definition) is 0. The number of hydrogen-bond acceptors (Lipinski definition) is 2. The highest BCUT2D eigenvalue weighted by Gasteiger charge is 2.31. The molecule has 1 aromatic rings. The monoisotopic (exact) mass is 331 g/mol. The fraction of sp³-hybridized carbons (Fsp3) is 0.462. The molecule has 5 heteroatoms. The minimum absolute atomic E-state index is 0.141. The smallest absolute Gasteiger partial charge is 0.227 e. The lowest BCUT2D eigenvalue weighted by Gasteiger charge is -2.20. The lowest BCUT2D eigenvalue weighted by molar-refractivity contribution is -0.117. The van der Waals surface area contributed by atoms with Gasteiger partial charge in [-0.2, -0.15) is 0 Å². The highest BCUT2D eigenvalue weighted by atomic mass is 79.9. The van der Waals surface area contributed by atoms with Gasteiger partial charge in [0.15, 0.2) is 0 Å². The van der Waals surface area contributed by atoms with Crippen LogP contribution in [0.25, 0.3) is 0 Å². The van der Waals surface area contributed by atoms with Gasteiger partial charge in [-0.1, -0.05) is 27.5 Å². The number of carbonyl (C=O) groups excluding carboxylic acids is 1. The van der Waals surface area contributed by atoms with Crippen LogP contribution in [0.15, 0.2) is 18.2 Å². The highest BCUT2D eigenvalue weighted by Crippen LogP contribution is 2.35. The number of nitrogens with zero attached hydrogens (tertiary/aromatic N) is 1. The zero-order valence-electron chi connectivity index (χ0n) is 10.2. The Morgan fingerprint density at radius 1 is 1.56 bits per heavy atom. The van der Waals surface area contributed by atoms with Gasteiger partial charge in [0.1, 0.15) is 5.75 Å². The Morgan fingerprint density at radius 3 is 2.94 bits per heavy atom. The molecule has 0 aromatic heterocycles. The van der Waals surface area contributed by atoms with Gasteiger partial charge in [0.2, 0.25) is 5.91 Å². The minimum atomic E-state index is 0.141. The van der Waals surface area contributed by atoms with Crippen molar-refractivity contribution in [1.82, 2.24) is 0 Å². The summed E-state index contributed by atoms with van der Waals surface area (Å²) in [5.74, 6) is 1.18. The van der Waals surface area contributed by atoms with E-state index in [9.17, 15) is 4.79 Å². The van der Waals surface area contributed by atoms with Gasteiger partial charge in [0, 0.05) is 29.4 Å². The summed E-state index contributed by atoms with van der Waals surface area (Å²) in [5.41, 5.74) is 0.815. The lowest BCUT2D eigenvalue weighted by Crippen LogP contribution is -2.25. The van der Waals surface area contributed by atoms with Gasteiger partial charge in [0.05, 0.1) is 12.3 Å². The molecule has 18 heavy (non-hydrogen) atoms. The summed E-state index contributed by atoms with van der Waals surface area (Å²) in [6.45, 7) is 3.20. The number of rotatable bonds is 4. The fourth-order valence-corrected chi connectivity index (χ4v) is 2.70. The predicted octanol–water partition coefficient (Wildman–Crippen LogP) is 3.49. The molecule has 1 atom stereocenters. The normalized spacial score (nSPS) is 19.4. The number of carbonyl (C=O) groups is 1. The van der Waals surface area contributed by atoms with E-state index in [4.69, 9.17) is 16.3 Å². The molecular weight excluding hydrogens is 318 g/mol. The van der Waals surface area contributed by atoms with Crippen LogP contribution in [0.4, 0.5) is 5.69 Å². The molecule has 1 aliphatic rings. The second-order valence-corrected chi connectivity index (χ2v) is 5.36. The zero-order chi connectivity index (χ0) is 13.1. The maximum atomic E-state index is 12.0. The van der Waals surface area contributed by atoms with Gasteiger partial charge >= 0.3 is 0 Å². The first kappa shape index (κ1) is 13.7. The molecular formula is C13H15BrClNO2. The van der Waals surface area contributed by atoms with Gasteiger partial charge < -0.3 is 9.64 Å². The third kappa shape index (κ3) is 2.81. The first-order chi connectivity index (χ1) is 8.65. The third-order valence-corrected chi connectivity index (χ3v) is 4.09. The van der Waals surface area contributed by atoms with E-state index in [0.717, 1.165) is 17.6 Å². The van der Waals surface area contributed by atoms with Gasteiger partial charge in [0.25, 0.3) is 0 Å². The van der Waals surface area contributed by atoms with Crippen LogP contribution < -0.4 is 9.64 Å². The fourth-order valence-electron chi connectivity index (χ4n) is 2.10. The summed E-state index contributed by atoms with van der Waals surface area (Å²) in [7, 11) is 0. The van der Waals surface area contributed by atoms with Crippen molar-refractivity contribution in [3.63, 3.8) is 0 Å². The number of benzene rings is 1. The van der Waals surface area contributed by atoms with Gasteiger partial charge in [-0.15, -0.1) is 0 Å². The number of amides is 1. The molecule has 1 aliphatic heterocycles. The third-order valence-electron chi connectivity index (χ3n) is 2.94. The van der Waals surface area contributed by atoms with Crippen molar-refractivity contribution in [2.75, 3.05) is 23.4 Å². The minimum Gasteiger partial charge on any atom is -0.492 e. The van der Waals surface area contributed by atoms with Crippen molar-refractivity contribution in [1.29, 1.82) is 0 Å². The first-order valence-electron chi connectivity index (χ1n) is 5.94. The van der Waals surface area contributed by atoms with Gasteiger partial charge in [-0.05, 0) is 25.0 Å². The molecule has 3 nitrogen and oxygen atoms in total. The molecule has 0 aliphatic carbocycles. The molecule has 1 heterocycles. The summed E-state index contributed by atoms with van der Waals surface area (Å²) < 4.78 is 5.56. The summed E-state index contributed by atoms with van der Waals surface area (Å²) in [6, 6.07) is 5.39. The van der Waals surface area contributed by atoms with Crippen LogP contribution in [0.1, 0.15) is 13.3 Å². The van der Waals surface area contributed by atoms with Crippen LogP contribution in [0.2, 0.25) is 5.02 Å². The largest absolute Gasteiger partial charge is 0.492 e. The van der Waals surface area contributed by atoms with E-state index in [0.29, 0.717) is 29.7 Å². The van der Waals surface area contributed by atoms with Crippen LogP contribution in [0.5, 0.6) is 5.75 Å². The van der Waals surface area contributed by atoms with Gasteiger partial charge in [-0.25, -0.2) is 0 Å². The Morgan fingerprint density at radius 2 is 2.33 bits per heavy atom. The molecule has 0 N–H and O–H groups in total. The molecule has 98 valence electrons. The van der Waals surface area contributed by atoms with Crippen LogP contribution in [-0.4, -0.2) is 24.4 Å². The van der Waals surface area contributed by atoms with Crippen LogP contribution in [-0.2, 0) is 4.79 Å². The molecule has 1 fully saturated rings. The van der Waals surface area contributed by atoms with Crippen molar-refractivity contribution in [3.8, 4) is 5.75 Å². The number of ether oxygens (including phenoxy) is 1. The van der Waals surface area contributed by atoms with Crippen LogP contribution >= 0.6 is 27.5 Å². The molecule has 1 amide bonds. The molecule has 1 unspecified atom stereocenters. The summed E-state index contributed by atoms with van der Waals surface area (Å²) in [4.78, 5) is 13.8. The molecule has 1 aromatic carbocycles. The molecule has 0 saturated carbocycles. The topological polar surface area (TPSA) is 29.5 Å². The average Bonchev–Trinajstić information content (AvgIpc) is 2.71. The Bertz CT molecular complexity index is 453. The Balaban J connectivity index is 2.30. The maximum absolute atomic E-state index is 12.0. The van der Waals surface area contributed by atoms with Crippen molar-refractivity contribution >= 4 is 39.1 Å². The van der Waals surface area contributed by atoms with Crippen molar-refractivity contribution in [3.05, 3.63) is 23.2 Å². The number of alkyl halides is 1. The van der Waals surface area contributed by atoms with Crippen molar-refractivity contribution < 1.29 is 9.53 Å². The Kier molecular flexibility index (Phi) is 4.51. The SMILES string of the molecule is CCOc1cc(Cl)ccc1N1CC(CBr)CC1=O. The zero-order valence-corrected chi connectivity index (χ0v) is 12.5. The lowest BCUT2D eigenvalue weighted by atomic mass is 10.2. The van der Waals surface area contributed by atoms with E-state index in [1.54, 1.807) is 17.0 Å². The van der Waals surface area contributed by atoms with E-state index >= 15 is 0 Å². The second-order valence-electron chi connectivity index (χ2n) is 4.27. The predicted molar refractivity (Wildman–Crippen MR) is 76.9 cm³/mol. The molecule has 0 bridgehead atoms. The van der Waals surface area contributed by atoms with E-state index < -0.39 is 0 Å². The molecule has 0 radical (unpaired) electrons. The van der Waals surface area contributed by atoms with E-state index in [2.05, 4.69) is 15.9 Å². The number of halogens is 2. The van der Waals surface area contributed by atoms with Crippen LogP contribution in [0.3, 0.4) is 0 Å².